The normalized spacial score (nSPS) is 13.2. The lowest BCUT2D eigenvalue weighted by Gasteiger charge is -2.24. The zero-order chi connectivity index (χ0) is 17.8. The Bertz CT molecular complexity index is 813. The fourth-order valence-corrected chi connectivity index (χ4v) is 2.87. The number of nitrogens with two attached hydrogens (primary N) is 1. The van der Waals surface area contributed by atoms with Crippen molar-refractivity contribution in [3.63, 3.8) is 0 Å². The molecule has 0 saturated heterocycles. The van der Waals surface area contributed by atoms with Crippen molar-refractivity contribution >= 4 is 17.3 Å². The SMILES string of the molecule is CCCNC(=O)C1=C(N)c2cccc(-c3ccc(CO)nc3)c2NC1. The minimum absolute atomic E-state index is 0.0860. The van der Waals surface area contributed by atoms with Gasteiger partial charge < -0.3 is 21.5 Å². The molecule has 2 heterocycles. The molecule has 5 N–H and O–H groups in total. The Kier molecular flexibility index (Phi) is 5.00. The molecule has 0 bridgehead atoms. The summed E-state index contributed by atoms with van der Waals surface area (Å²) >= 11 is 0. The first kappa shape index (κ1) is 17.0. The lowest BCUT2D eigenvalue weighted by molar-refractivity contribution is -0.117. The molecular weight excluding hydrogens is 316 g/mol. The molecule has 0 atom stereocenters. The maximum atomic E-state index is 12.3. The molecule has 6 heteroatoms. The van der Waals surface area contributed by atoms with E-state index in [-0.39, 0.29) is 12.5 Å². The number of aliphatic hydroxyl groups excluding tert-OH is 1. The Hall–Kier alpha value is -2.86. The van der Waals surface area contributed by atoms with Crippen LogP contribution in [0.4, 0.5) is 5.69 Å². The van der Waals surface area contributed by atoms with Gasteiger partial charge >= 0.3 is 0 Å². The number of anilines is 1. The summed E-state index contributed by atoms with van der Waals surface area (Å²) in [5.41, 5.74) is 11.6. The van der Waals surface area contributed by atoms with E-state index in [1.54, 1.807) is 12.3 Å². The minimum Gasteiger partial charge on any atom is -0.398 e. The molecule has 25 heavy (non-hydrogen) atoms. The highest BCUT2D eigenvalue weighted by atomic mass is 16.3. The van der Waals surface area contributed by atoms with Gasteiger partial charge in [-0.1, -0.05) is 31.2 Å². The van der Waals surface area contributed by atoms with E-state index in [1.807, 2.05) is 31.2 Å². The van der Waals surface area contributed by atoms with E-state index in [4.69, 9.17) is 10.8 Å². The van der Waals surface area contributed by atoms with E-state index in [1.165, 1.54) is 0 Å². The molecule has 0 spiro atoms. The number of nitrogens with zero attached hydrogens (tertiary/aromatic N) is 1. The smallest absolute Gasteiger partial charge is 0.251 e. The standard InChI is InChI=1S/C19H22N4O2/c1-2-8-21-19(25)16-10-23-18-14(4-3-5-15(18)17(16)20)12-6-7-13(11-24)22-9-12/h3-7,9,23-24H,2,8,10-11,20H2,1H3,(H,21,25). The van der Waals surface area contributed by atoms with E-state index < -0.39 is 0 Å². The molecule has 130 valence electrons. The molecule has 1 aromatic heterocycles. The molecule has 6 nitrogen and oxygen atoms in total. The first-order valence-electron chi connectivity index (χ1n) is 8.36. The van der Waals surface area contributed by atoms with E-state index in [9.17, 15) is 4.79 Å². The third-order valence-corrected chi connectivity index (χ3v) is 4.23. The molecule has 1 amide bonds. The van der Waals surface area contributed by atoms with Crippen molar-refractivity contribution in [2.24, 2.45) is 5.73 Å². The Morgan fingerprint density at radius 2 is 2.12 bits per heavy atom. The monoisotopic (exact) mass is 338 g/mol. The van der Waals surface area contributed by atoms with Crippen LogP contribution in [-0.2, 0) is 11.4 Å². The number of rotatable bonds is 5. The maximum absolute atomic E-state index is 12.3. The van der Waals surface area contributed by atoms with Gasteiger partial charge in [0.2, 0.25) is 0 Å². The number of pyridine rings is 1. The predicted octanol–water partition coefficient (Wildman–Crippen LogP) is 1.86. The van der Waals surface area contributed by atoms with Crippen LogP contribution in [0.5, 0.6) is 0 Å². The number of para-hydroxylation sites is 1. The van der Waals surface area contributed by atoms with Crippen molar-refractivity contribution < 1.29 is 9.90 Å². The molecule has 1 aliphatic heterocycles. The van der Waals surface area contributed by atoms with Crippen molar-refractivity contribution in [3.05, 3.63) is 53.4 Å². The topological polar surface area (TPSA) is 100 Å². The third kappa shape index (κ3) is 3.34. The van der Waals surface area contributed by atoms with Gasteiger partial charge in [-0.25, -0.2) is 0 Å². The number of carbonyl (C=O) groups is 1. The fourth-order valence-electron chi connectivity index (χ4n) is 2.87. The van der Waals surface area contributed by atoms with Crippen LogP contribution in [-0.4, -0.2) is 29.1 Å². The lowest BCUT2D eigenvalue weighted by Crippen LogP contribution is -2.32. The number of fused-ring (bicyclic) bond motifs is 1. The number of aliphatic hydroxyl groups is 1. The molecule has 3 rings (SSSR count). The third-order valence-electron chi connectivity index (χ3n) is 4.23. The summed E-state index contributed by atoms with van der Waals surface area (Å²) in [6.07, 6.45) is 2.61. The van der Waals surface area contributed by atoms with Gasteiger partial charge in [0.25, 0.3) is 5.91 Å². The van der Waals surface area contributed by atoms with Gasteiger partial charge in [-0.2, -0.15) is 0 Å². The van der Waals surface area contributed by atoms with E-state index in [0.717, 1.165) is 28.8 Å². The molecule has 0 fully saturated rings. The summed E-state index contributed by atoms with van der Waals surface area (Å²) in [6, 6.07) is 9.51. The molecular formula is C19H22N4O2. The van der Waals surface area contributed by atoms with Crippen LogP contribution in [0.1, 0.15) is 24.6 Å². The number of nitrogens with one attached hydrogen (secondary N) is 2. The number of hydrogen-bond donors (Lipinski definition) is 4. The Morgan fingerprint density at radius 3 is 2.80 bits per heavy atom. The second-order valence-corrected chi connectivity index (χ2v) is 5.93. The molecule has 0 saturated carbocycles. The molecule has 1 aromatic carbocycles. The Morgan fingerprint density at radius 1 is 1.32 bits per heavy atom. The van der Waals surface area contributed by atoms with E-state index >= 15 is 0 Å². The minimum atomic E-state index is -0.128. The summed E-state index contributed by atoms with van der Waals surface area (Å²) in [4.78, 5) is 16.5. The first-order valence-corrected chi connectivity index (χ1v) is 8.36. The van der Waals surface area contributed by atoms with Crippen LogP contribution in [0.3, 0.4) is 0 Å². The number of carbonyl (C=O) groups excluding carboxylic acids is 1. The highest BCUT2D eigenvalue weighted by Gasteiger charge is 2.23. The van der Waals surface area contributed by atoms with Crippen LogP contribution in [0.25, 0.3) is 16.8 Å². The quantitative estimate of drug-likeness (QED) is 0.667. The van der Waals surface area contributed by atoms with Gasteiger partial charge in [0, 0.05) is 36.0 Å². The van der Waals surface area contributed by atoms with E-state index in [2.05, 4.69) is 15.6 Å². The highest BCUT2D eigenvalue weighted by Crippen LogP contribution is 2.36. The second kappa shape index (κ2) is 7.36. The Labute approximate surface area is 146 Å². The van der Waals surface area contributed by atoms with Gasteiger partial charge in [-0.15, -0.1) is 0 Å². The summed E-state index contributed by atoms with van der Waals surface area (Å²) < 4.78 is 0. The molecule has 0 aliphatic carbocycles. The van der Waals surface area contributed by atoms with Crippen LogP contribution in [0, 0.1) is 0 Å². The van der Waals surface area contributed by atoms with Gasteiger partial charge in [0.05, 0.1) is 29.3 Å². The molecule has 0 unspecified atom stereocenters. The second-order valence-electron chi connectivity index (χ2n) is 5.93. The molecule has 2 aromatic rings. The van der Waals surface area contributed by atoms with Crippen molar-refractivity contribution in [2.75, 3.05) is 18.4 Å². The average Bonchev–Trinajstić information content (AvgIpc) is 2.66. The van der Waals surface area contributed by atoms with Crippen LogP contribution >= 0.6 is 0 Å². The zero-order valence-corrected chi connectivity index (χ0v) is 14.2. The summed E-state index contributed by atoms with van der Waals surface area (Å²) in [7, 11) is 0. The van der Waals surface area contributed by atoms with Crippen LogP contribution < -0.4 is 16.4 Å². The van der Waals surface area contributed by atoms with E-state index in [0.29, 0.717) is 30.1 Å². The van der Waals surface area contributed by atoms with Crippen molar-refractivity contribution in [2.45, 2.75) is 20.0 Å². The van der Waals surface area contributed by atoms with Crippen molar-refractivity contribution in [1.82, 2.24) is 10.3 Å². The lowest BCUT2D eigenvalue weighted by atomic mass is 9.94. The van der Waals surface area contributed by atoms with Gasteiger partial charge in [-0.3, -0.25) is 9.78 Å². The summed E-state index contributed by atoms with van der Waals surface area (Å²) in [5, 5.41) is 15.3. The first-order chi connectivity index (χ1) is 12.2. The zero-order valence-electron chi connectivity index (χ0n) is 14.2. The maximum Gasteiger partial charge on any atom is 0.251 e. The van der Waals surface area contributed by atoms with Gasteiger partial charge in [0.15, 0.2) is 0 Å². The number of aromatic nitrogens is 1. The number of amides is 1. The van der Waals surface area contributed by atoms with Crippen molar-refractivity contribution in [1.29, 1.82) is 0 Å². The van der Waals surface area contributed by atoms with Gasteiger partial charge in [-0.05, 0) is 12.5 Å². The number of benzene rings is 1. The Balaban J connectivity index is 1.99. The fraction of sp³-hybridized carbons (Fsp3) is 0.263. The number of hydrogen-bond acceptors (Lipinski definition) is 5. The van der Waals surface area contributed by atoms with Crippen molar-refractivity contribution in [3.8, 4) is 11.1 Å². The highest BCUT2D eigenvalue weighted by molar-refractivity contribution is 6.05. The van der Waals surface area contributed by atoms with Gasteiger partial charge in [0.1, 0.15) is 0 Å². The summed E-state index contributed by atoms with van der Waals surface area (Å²) in [6.45, 7) is 2.94. The summed E-state index contributed by atoms with van der Waals surface area (Å²) in [5.74, 6) is -0.128. The largest absolute Gasteiger partial charge is 0.398 e. The predicted molar refractivity (Wildman–Crippen MR) is 98.5 cm³/mol. The van der Waals surface area contributed by atoms with Crippen LogP contribution in [0.2, 0.25) is 0 Å². The average molecular weight is 338 g/mol. The van der Waals surface area contributed by atoms with Crippen LogP contribution in [0.15, 0.2) is 42.1 Å². The molecule has 0 radical (unpaired) electrons. The molecule has 1 aliphatic rings.